The first-order valence-corrected chi connectivity index (χ1v) is 7.06. The van der Waals surface area contributed by atoms with E-state index in [2.05, 4.69) is 10.3 Å². The second kappa shape index (κ2) is 5.78. The third-order valence-corrected chi connectivity index (χ3v) is 3.52. The smallest absolute Gasteiger partial charge is 0.257 e. The zero-order valence-corrected chi connectivity index (χ0v) is 12.5. The summed E-state index contributed by atoms with van der Waals surface area (Å²) < 4.78 is 0. The number of hydrogen-bond donors (Lipinski definition) is 2. The predicted molar refractivity (Wildman–Crippen MR) is 90.0 cm³/mol. The minimum absolute atomic E-state index is 0.333. The van der Waals surface area contributed by atoms with Gasteiger partial charge in [0.1, 0.15) is 0 Å². The van der Waals surface area contributed by atoms with E-state index in [4.69, 9.17) is 11.0 Å². The van der Waals surface area contributed by atoms with Gasteiger partial charge in [0.15, 0.2) is 0 Å². The average Bonchev–Trinajstić information content (AvgIpc) is 2.55. The maximum Gasteiger partial charge on any atom is 0.257 e. The van der Waals surface area contributed by atoms with Gasteiger partial charge in [-0.15, -0.1) is 0 Å². The Balaban J connectivity index is 1.96. The fourth-order valence-corrected chi connectivity index (χ4v) is 2.44. The molecule has 0 saturated heterocycles. The van der Waals surface area contributed by atoms with Crippen LogP contribution >= 0.6 is 0 Å². The zero-order valence-electron chi connectivity index (χ0n) is 12.5. The number of carbonyl (C=O) groups excluding carboxylic acids is 1. The minimum Gasteiger partial charge on any atom is -0.398 e. The molecule has 0 aliphatic heterocycles. The molecule has 0 radical (unpaired) electrons. The van der Waals surface area contributed by atoms with E-state index in [0.717, 1.165) is 16.6 Å². The number of carbonyl (C=O) groups is 1. The lowest BCUT2D eigenvalue weighted by molar-refractivity contribution is 0.102. The van der Waals surface area contributed by atoms with Gasteiger partial charge >= 0.3 is 0 Å². The molecule has 0 fully saturated rings. The number of aromatic nitrogens is 1. The molecule has 0 unspecified atom stereocenters. The summed E-state index contributed by atoms with van der Waals surface area (Å²) in [7, 11) is 0. The summed E-state index contributed by atoms with van der Waals surface area (Å²) in [5.41, 5.74) is 9.53. The number of rotatable bonds is 2. The number of hydrogen-bond acceptors (Lipinski definition) is 4. The van der Waals surface area contributed by atoms with Crippen molar-refractivity contribution in [3.05, 3.63) is 65.4 Å². The van der Waals surface area contributed by atoms with E-state index in [0.29, 0.717) is 22.5 Å². The number of fused-ring (bicyclic) bond motifs is 1. The summed E-state index contributed by atoms with van der Waals surface area (Å²) in [5, 5.41) is 12.7. The molecule has 3 rings (SSSR count). The highest BCUT2D eigenvalue weighted by Gasteiger charge is 2.11. The van der Waals surface area contributed by atoms with E-state index in [1.807, 2.05) is 19.1 Å². The van der Waals surface area contributed by atoms with Crippen LogP contribution in [0.5, 0.6) is 0 Å². The van der Waals surface area contributed by atoms with Crippen LogP contribution in [0.2, 0.25) is 0 Å². The molecule has 3 aromatic rings. The second-order valence-corrected chi connectivity index (χ2v) is 5.20. The molecule has 0 atom stereocenters. The lowest BCUT2D eigenvalue weighted by Gasteiger charge is -2.09. The van der Waals surface area contributed by atoms with Crippen LogP contribution in [0.3, 0.4) is 0 Å². The van der Waals surface area contributed by atoms with Crippen molar-refractivity contribution >= 4 is 28.2 Å². The lowest BCUT2D eigenvalue weighted by atomic mass is 10.1. The summed E-state index contributed by atoms with van der Waals surface area (Å²) in [6.45, 7) is 1.88. The van der Waals surface area contributed by atoms with E-state index in [1.165, 1.54) is 0 Å². The highest BCUT2D eigenvalue weighted by atomic mass is 16.1. The first kappa shape index (κ1) is 14.5. The number of nitrogens with two attached hydrogens (primary N) is 1. The van der Waals surface area contributed by atoms with Gasteiger partial charge in [0.25, 0.3) is 5.91 Å². The van der Waals surface area contributed by atoms with Crippen molar-refractivity contribution in [1.29, 1.82) is 5.26 Å². The van der Waals surface area contributed by atoms with E-state index < -0.39 is 0 Å². The van der Waals surface area contributed by atoms with Gasteiger partial charge in [-0.3, -0.25) is 9.78 Å². The summed E-state index contributed by atoms with van der Waals surface area (Å²) in [4.78, 5) is 16.8. The standard InChI is InChI=1S/C18H14N4O/c1-11-8-16(20)15-9-13(6-7-17(15)21-11)22-18(23)14-5-3-2-4-12(14)10-19/h2-9H,1H3,(H2,20,21)(H,22,23). The summed E-state index contributed by atoms with van der Waals surface area (Å²) >= 11 is 0. The van der Waals surface area contributed by atoms with Crippen LogP contribution in [0, 0.1) is 18.3 Å². The Bertz CT molecular complexity index is 957. The fraction of sp³-hybridized carbons (Fsp3) is 0.0556. The van der Waals surface area contributed by atoms with E-state index in [1.54, 1.807) is 42.5 Å². The molecule has 0 aliphatic rings. The topological polar surface area (TPSA) is 91.8 Å². The summed E-state index contributed by atoms with van der Waals surface area (Å²) in [6.07, 6.45) is 0. The number of anilines is 2. The Labute approximate surface area is 133 Å². The number of pyridine rings is 1. The van der Waals surface area contributed by atoms with E-state index >= 15 is 0 Å². The predicted octanol–water partition coefficient (Wildman–Crippen LogP) is 3.25. The third-order valence-electron chi connectivity index (χ3n) is 3.52. The maximum absolute atomic E-state index is 12.4. The Morgan fingerprint density at radius 1 is 1.22 bits per heavy atom. The van der Waals surface area contributed by atoms with Crippen molar-refractivity contribution in [1.82, 2.24) is 4.98 Å². The van der Waals surface area contributed by atoms with Crippen LogP contribution in [0.15, 0.2) is 48.5 Å². The monoisotopic (exact) mass is 302 g/mol. The van der Waals surface area contributed by atoms with Crippen LogP contribution in [-0.4, -0.2) is 10.9 Å². The SMILES string of the molecule is Cc1cc(N)c2cc(NC(=O)c3ccccc3C#N)ccc2n1. The van der Waals surface area contributed by atoms with Crippen LogP contribution < -0.4 is 11.1 Å². The van der Waals surface area contributed by atoms with Crippen molar-refractivity contribution in [2.45, 2.75) is 6.92 Å². The number of aryl methyl sites for hydroxylation is 1. The Hall–Kier alpha value is -3.39. The lowest BCUT2D eigenvalue weighted by Crippen LogP contribution is -2.13. The molecule has 2 aromatic carbocycles. The van der Waals surface area contributed by atoms with Crippen molar-refractivity contribution in [3.8, 4) is 6.07 Å². The molecule has 0 saturated carbocycles. The minimum atomic E-state index is -0.333. The van der Waals surface area contributed by atoms with Gasteiger partial charge < -0.3 is 11.1 Å². The molecule has 23 heavy (non-hydrogen) atoms. The normalized spacial score (nSPS) is 10.3. The van der Waals surface area contributed by atoms with Crippen LogP contribution in [0.4, 0.5) is 11.4 Å². The van der Waals surface area contributed by atoms with Crippen molar-refractivity contribution in [2.75, 3.05) is 11.1 Å². The van der Waals surface area contributed by atoms with Gasteiger partial charge in [-0.1, -0.05) is 12.1 Å². The number of nitrogens with one attached hydrogen (secondary N) is 1. The highest BCUT2D eigenvalue weighted by molar-refractivity contribution is 6.07. The zero-order chi connectivity index (χ0) is 16.4. The average molecular weight is 302 g/mol. The van der Waals surface area contributed by atoms with Crippen LogP contribution in [0.1, 0.15) is 21.6 Å². The largest absolute Gasteiger partial charge is 0.398 e. The molecule has 112 valence electrons. The third kappa shape index (κ3) is 2.83. The maximum atomic E-state index is 12.4. The van der Waals surface area contributed by atoms with Crippen molar-refractivity contribution in [2.24, 2.45) is 0 Å². The van der Waals surface area contributed by atoms with Crippen molar-refractivity contribution < 1.29 is 4.79 Å². The molecule has 5 nitrogen and oxygen atoms in total. The Morgan fingerprint density at radius 2 is 2.00 bits per heavy atom. The molecule has 0 aliphatic carbocycles. The summed E-state index contributed by atoms with van der Waals surface area (Å²) in [5.74, 6) is -0.333. The molecule has 0 bridgehead atoms. The molecule has 1 heterocycles. The van der Waals surface area contributed by atoms with Gasteiger partial charge in [0, 0.05) is 22.5 Å². The van der Waals surface area contributed by atoms with Gasteiger partial charge in [0.2, 0.25) is 0 Å². The van der Waals surface area contributed by atoms with Gasteiger partial charge in [-0.05, 0) is 43.3 Å². The molecule has 1 aromatic heterocycles. The molecule has 5 heteroatoms. The van der Waals surface area contributed by atoms with Crippen LogP contribution in [0.25, 0.3) is 10.9 Å². The quantitative estimate of drug-likeness (QED) is 0.760. The van der Waals surface area contributed by atoms with E-state index in [9.17, 15) is 4.79 Å². The molecular formula is C18H14N4O. The van der Waals surface area contributed by atoms with E-state index in [-0.39, 0.29) is 5.91 Å². The fourth-order valence-electron chi connectivity index (χ4n) is 2.44. The molecular weight excluding hydrogens is 288 g/mol. The first-order chi connectivity index (χ1) is 11.1. The number of benzene rings is 2. The first-order valence-electron chi connectivity index (χ1n) is 7.06. The number of nitriles is 1. The van der Waals surface area contributed by atoms with Gasteiger partial charge in [-0.2, -0.15) is 5.26 Å². The van der Waals surface area contributed by atoms with Gasteiger partial charge in [0.05, 0.1) is 22.7 Å². The van der Waals surface area contributed by atoms with Crippen LogP contribution in [-0.2, 0) is 0 Å². The van der Waals surface area contributed by atoms with Crippen molar-refractivity contribution in [3.63, 3.8) is 0 Å². The summed E-state index contributed by atoms with van der Waals surface area (Å²) in [6, 6.07) is 15.8. The number of amides is 1. The number of nitrogen functional groups attached to an aromatic ring is 1. The second-order valence-electron chi connectivity index (χ2n) is 5.20. The van der Waals surface area contributed by atoms with Gasteiger partial charge in [-0.25, -0.2) is 0 Å². The number of nitrogens with zero attached hydrogens (tertiary/aromatic N) is 2. The molecule has 0 spiro atoms. The Morgan fingerprint density at radius 3 is 2.78 bits per heavy atom. The Kier molecular flexibility index (Phi) is 3.65. The highest BCUT2D eigenvalue weighted by Crippen LogP contribution is 2.24. The molecule has 1 amide bonds. The molecule has 3 N–H and O–H groups in total.